The summed E-state index contributed by atoms with van der Waals surface area (Å²) in [5.41, 5.74) is 0.979. The first-order chi connectivity index (χ1) is 12.4. The highest BCUT2D eigenvalue weighted by atomic mass is 35.5. The fraction of sp³-hybridized carbons (Fsp3) is 0.263. The molecule has 2 rings (SSSR count). The van der Waals surface area contributed by atoms with Gasteiger partial charge in [-0.2, -0.15) is 0 Å². The third kappa shape index (κ3) is 5.03. The molecule has 2 aromatic rings. The minimum atomic E-state index is -0.783. The Kier molecular flexibility index (Phi) is 7.12. The van der Waals surface area contributed by atoms with Crippen LogP contribution < -0.4 is 10.6 Å². The van der Waals surface area contributed by atoms with Gasteiger partial charge in [-0.3, -0.25) is 15.0 Å². The zero-order valence-electron chi connectivity index (χ0n) is 14.6. The van der Waals surface area contributed by atoms with Gasteiger partial charge >= 0.3 is 6.03 Å². The van der Waals surface area contributed by atoms with Gasteiger partial charge in [-0.1, -0.05) is 48.0 Å². The number of nitrogens with zero attached hydrogens (tertiary/aromatic N) is 1. The van der Waals surface area contributed by atoms with E-state index in [1.54, 1.807) is 49.2 Å². The van der Waals surface area contributed by atoms with E-state index < -0.39 is 23.8 Å². The first kappa shape index (κ1) is 19.9. The molecule has 2 aromatic carbocycles. The standard InChI is InChI=1S/C19H21ClFN3O2/c1-3-22-19(26)23-18(25)17(13-8-5-4-6-9-13)24(2)12-14-15(20)10-7-11-16(14)21/h4-11,17H,3,12H2,1-2H3,(H2,22,23,25,26). The Morgan fingerprint density at radius 3 is 2.46 bits per heavy atom. The van der Waals surface area contributed by atoms with Crippen LogP contribution in [0.15, 0.2) is 48.5 Å². The maximum atomic E-state index is 14.1. The van der Waals surface area contributed by atoms with E-state index in [0.717, 1.165) is 0 Å². The zero-order chi connectivity index (χ0) is 19.1. The van der Waals surface area contributed by atoms with Crippen LogP contribution in [0.3, 0.4) is 0 Å². The van der Waals surface area contributed by atoms with Crippen molar-refractivity contribution in [2.45, 2.75) is 19.5 Å². The Balaban J connectivity index is 2.28. The lowest BCUT2D eigenvalue weighted by molar-refractivity contribution is -0.125. The first-order valence-electron chi connectivity index (χ1n) is 8.20. The van der Waals surface area contributed by atoms with Gasteiger partial charge in [-0.15, -0.1) is 0 Å². The second-order valence-corrected chi connectivity index (χ2v) is 6.18. The second kappa shape index (κ2) is 9.31. The summed E-state index contributed by atoms with van der Waals surface area (Å²) >= 11 is 6.10. The summed E-state index contributed by atoms with van der Waals surface area (Å²) < 4.78 is 14.1. The van der Waals surface area contributed by atoms with Gasteiger partial charge in [0.05, 0.1) is 0 Å². The molecule has 26 heavy (non-hydrogen) atoms. The van der Waals surface area contributed by atoms with Crippen molar-refractivity contribution in [1.29, 1.82) is 0 Å². The number of imide groups is 1. The van der Waals surface area contributed by atoms with Crippen molar-refractivity contribution in [3.63, 3.8) is 0 Å². The molecule has 0 aliphatic carbocycles. The van der Waals surface area contributed by atoms with Crippen molar-refractivity contribution in [2.75, 3.05) is 13.6 Å². The number of hydrogen-bond acceptors (Lipinski definition) is 3. The lowest BCUT2D eigenvalue weighted by atomic mass is 10.0. The topological polar surface area (TPSA) is 61.4 Å². The lowest BCUT2D eigenvalue weighted by Gasteiger charge is -2.27. The molecule has 0 fully saturated rings. The number of nitrogens with one attached hydrogen (secondary N) is 2. The molecule has 0 radical (unpaired) electrons. The minimum absolute atomic E-state index is 0.105. The van der Waals surface area contributed by atoms with Crippen LogP contribution in [0.2, 0.25) is 5.02 Å². The van der Waals surface area contributed by atoms with Crippen LogP contribution in [0.4, 0.5) is 9.18 Å². The monoisotopic (exact) mass is 377 g/mol. The zero-order valence-corrected chi connectivity index (χ0v) is 15.4. The second-order valence-electron chi connectivity index (χ2n) is 5.78. The normalized spacial score (nSPS) is 11.9. The number of hydrogen-bond donors (Lipinski definition) is 2. The van der Waals surface area contributed by atoms with E-state index in [2.05, 4.69) is 10.6 Å². The Bertz CT molecular complexity index is 750. The summed E-state index contributed by atoms with van der Waals surface area (Å²) in [4.78, 5) is 26.1. The molecule has 2 N–H and O–H groups in total. The molecule has 0 bridgehead atoms. The molecule has 1 atom stereocenters. The van der Waals surface area contributed by atoms with Crippen LogP contribution in [0.5, 0.6) is 0 Å². The van der Waals surface area contributed by atoms with Crippen LogP contribution in [-0.2, 0) is 11.3 Å². The lowest BCUT2D eigenvalue weighted by Crippen LogP contribution is -2.45. The first-order valence-corrected chi connectivity index (χ1v) is 8.58. The third-order valence-corrected chi connectivity index (χ3v) is 4.20. The SMILES string of the molecule is CCNC(=O)NC(=O)C(c1ccccc1)N(C)Cc1c(F)cccc1Cl. The highest BCUT2D eigenvalue weighted by Gasteiger charge is 2.27. The third-order valence-electron chi connectivity index (χ3n) is 3.85. The van der Waals surface area contributed by atoms with Gasteiger partial charge in [-0.05, 0) is 31.7 Å². The van der Waals surface area contributed by atoms with E-state index in [1.807, 2.05) is 6.07 Å². The number of carbonyl (C=O) groups is 2. The van der Waals surface area contributed by atoms with Gasteiger partial charge in [0.25, 0.3) is 0 Å². The number of benzene rings is 2. The predicted octanol–water partition coefficient (Wildman–Crippen LogP) is 3.50. The van der Waals surface area contributed by atoms with Gasteiger partial charge < -0.3 is 5.32 Å². The fourth-order valence-electron chi connectivity index (χ4n) is 2.65. The maximum Gasteiger partial charge on any atom is 0.321 e. The van der Waals surface area contributed by atoms with Crippen molar-refractivity contribution in [3.05, 3.63) is 70.5 Å². The number of amides is 3. The molecule has 0 aliphatic rings. The predicted molar refractivity (Wildman–Crippen MR) is 99.3 cm³/mol. The summed E-state index contributed by atoms with van der Waals surface area (Å²) in [6.45, 7) is 2.26. The smallest absolute Gasteiger partial charge is 0.321 e. The van der Waals surface area contributed by atoms with E-state index in [-0.39, 0.29) is 11.6 Å². The van der Waals surface area contributed by atoms with Crippen molar-refractivity contribution < 1.29 is 14.0 Å². The van der Waals surface area contributed by atoms with Crippen LogP contribution in [0, 0.1) is 5.82 Å². The molecule has 0 aromatic heterocycles. The van der Waals surface area contributed by atoms with Crippen molar-refractivity contribution >= 4 is 23.5 Å². The van der Waals surface area contributed by atoms with E-state index in [1.165, 1.54) is 12.1 Å². The van der Waals surface area contributed by atoms with Gasteiger partial charge in [-0.25, -0.2) is 9.18 Å². The van der Waals surface area contributed by atoms with Gasteiger partial charge in [0.2, 0.25) is 5.91 Å². The molecular weight excluding hydrogens is 357 g/mol. The van der Waals surface area contributed by atoms with Crippen LogP contribution in [0.1, 0.15) is 24.1 Å². The average Bonchev–Trinajstić information content (AvgIpc) is 2.59. The molecule has 7 heteroatoms. The van der Waals surface area contributed by atoms with E-state index in [9.17, 15) is 14.0 Å². The highest BCUT2D eigenvalue weighted by molar-refractivity contribution is 6.31. The van der Waals surface area contributed by atoms with Gasteiger partial charge in [0.1, 0.15) is 11.9 Å². The minimum Gasteiger partial charge on any atom is -0.338 e. The summed E-state index contributed by atoms with van der Waals surface area (Å²) in [6.07, 6.45) is 0. The molecule has 0 saturated heterocycles. The van der Waals surface area contributed by atoms with Crippen LogP contribution >= 0.6 is 11.6 Å². The summed E-state index contributed by atoms with van der Waals surface area (Å²) in [6, 6.07) is 12.1. The molecule has 0 spiro atoms. The average molecular weight is 378 g/mol. The number of carbonyl (C=O) groups excluding carboxylic acids is 2. The quantitative estimate of drug-likeness (QED) is 0.810. The summed E-state index contributed by atoms with van der Waals surface area (Å²) in [7, 11) is 1.68. The van der Waals surface area contributed by atoms with Crippen LogP contribution in [-0.4, -0.2) is 30.4 Å². The summed E-state index contributed by atoms with van der Waals surface area (Å²) in [5, 5.41) is 5.12. The number of rotatable bonds is 6. The summed E-state index contributed by atoms with van der Waals surface area (Å²) in [5.74, 6) is -0.947. The highest BCUT2D eigenvalue weighted by Crippen LogP contribution is 2.26. The van der Waals surface area contributed by atoms with Crippen molar-refractivity contribution in [3.8, 4) is 0 Å². The van der Waals surface area contributed by atoms with E-state index in [0.29, 0.717) is 17.7 Å². The molecule has 1 unspecified atom stereocenters. The molecule has 5 nitrogen and oxygen atoms in total. The Labute approximate surface area is 157 Å². The largest absolute Gasteiger partial charge is 0.338 e. The Hall–Kier alpha value is -2.44. The molecule has 0 saturated carbocycles. The van der Waals surface area contributed by atoms with Gasteiger partial charge in [0.15, 0.2) is 0 Å². The number of halogens is 2. The molecule has 138 valence electrons. The fourth-order valence-corrected chi connectivity index (χ4v) is 2.87. The number of urea groups is 1. The van der Waals surface area contributed by atoms with Crippen LogP contribution in [0.25, 0.3) is 0 Å². The Morgan fingerprint density at radius 2 is 1.85 bits per heavy atom. The molecule has 0 aliphatic heterocycles. The van der Waals surface area contributed by atoms with Crippen molar-refractivity contribution in [1.82, 2.24) is 15.5 Å². The Morgan fingerprint density at radius 1 is 1.15 bits per heavy atom. The van der Waals surface area contributed by atoms with Gasteiger partial charge in [0, 0.05) is 23.7 Å². The van der Waals surface area contributed by atoms with Crippen molar-refractivity contribution in [2.24, 2.45) is 0 Å². The van der Waals surface area contributed by atoms with E-state index in [4.69, 9.17) is 11.6 Å². The molecule has 0 heterocycles. The molecular formula is C19H21ClFN3O2. The molecule has 3 amide bonds. The number of likely N-dealkylation sites (N-methyl/N-ethyl adjacent to an activating group) is 1. The maximum absolute atomic E-state index is 14.1. The van der Waals surface area contributed by atoms with E-state index >= 15 is 0 Å².